The summed E-state index contributed by atoms with van der Waals surface area (Å²) >= 11 is 0. The Kier molecular flexibility index (Phi) is 5.24. The Morgan fingerprint density at radius 1 is 1.53 bits per heavy atom. The van der Waals surface area contributed by atoms with Crippen molar-refractivity contribution in [2.24, 2.45) is 12.5 Å². The lowest BCUT2D eigenvalue weighted by Crippen LogP contribution is -2.43. The average molecular weight is 269 g/mol. The second-order valence-electron chi connectivity index (χ2n) is 5.20. The van der Waals surface area contributed by atoms with Crippen LogP contribution in [0, 0.1) is 5.41 Å². The molecule has 2 rings (SSSR count). The zero-order chi connectivity index (χ0) is 13.6. The van der Waals surface area contributed by atoms with Crippen molar-refractivity contribution in [3.05, 3.63) is 5.82 Å². The molecule has 1 saturated heterocycles. The summed E-state index contributed by atoms with van der Waals surface area (Å²) in [6.07, 6.45) is 3.03. The van der Waals surface area contributed by atoms with E-state index in [0.717, 1.165) is 58.0 Å². The molecule has 0 saturated carbocycles. The van der Waals surface area contributed by atoms with Crippen LogP contribution in [0.4, 0.5) is 0 Å². The van der Waals surface area contributed by atoms with Crippen molar-refractivity contribution in [1.29, 1.82) is 0 Å². The maximum absolute atomic E-state index is 5.67. The molecule has 0 aliphatic carbocycles. The first-order chi connectivity index (χ1) is 9.24. The summed E-state index contributed by atoms with van der Waals surface area (Å²) in [4.78, 5) is 1.51. The maximum Gasteiger partial charge on any atom is 0.175 e. The van der Waals surface area contributed by atoms with Gasteiger partial charge in [0.05, 0.1) is 20.3 Å². The molecule has 0 amide bonds. The Bertz CT molecular complexity index is 376. The molecule has 2 heterocycles. The van der Waals surface area contributed by atoms with Gasteiger partial charge in [0.1, 0.15) is 0 Å². The van der Waals surface area contributed by atoms with Gasteiger partial charge < -0.3 is 14.8 Å². The highest BCUT2D eigenvalue weighted by atomic mass is 16.5. The second-order valence-corrected chi connectivity index (χ2v) is 5.20. The number of aromatic nitrogens is 4. The molecule has 0 spiro atoms. The second kappa shape index (κ2) is 6.93. The van der Waals surface area contributed by atoms with Gasteiger partial charge in [-0.15, -0.1) is 10.2 Å². The minimum Gasteiger partial charge on any atom is -0.383 e. The Labute approximate surface area is 113 Å². The Morgan fingerprint density at radius 2 is 2.42 bits per heavy atom. The number of rotatable bonds is 7. The normalized spacial score (nSPS) is 23.7. The van der Waals surface area contributed by atoms with Crippen molar-refractivity contribution in [1.82, 2.24) is 25.5 Å². The van der Waals surface area contributed by atoms with Crippen LogP contribution in [-0.2, 0) is 22.9 Å². The van der Waals surface area contributed by atoms with Crippen LogP contribution in [0.1, 0.15) is 18.7 Å². The van der Waals surface area contributed by atoms with Crippen LogP contribution in [-0.4, -0.2) is 60.2 Å². The van der Waals surface area contributed by atoms with Crippen molar-refractivity contribution in [2.75, 3.05) is 40.0 Å². The summed E-state index contributed by atoms with van der Waals surface area (Å²) in [5, 5.41) is 15.7. The van der Waals surface area contributed by atoms with E-state index in [2.05, 4.69) is 20.7 Å². The largest absolute Gasteiger partial charge is 0.383 e. The number of nitrogens with zero attached hydrogens (tertiary/aromatic N) is 4. The van der Waals surface area contributed by atoms with E-state index in [1.54, 1.807) is 14.2 Å². The molecule has 108 valence electrons. The fraction of sp³-hybridized carbons (Fsp3) is 0.917. The van der Waals surface area contributed by atoms with Crippen LogP contribution in [0.25, 0.3) is 0 Å². The highest BCUT2D eigenvalue weighted by Gasteiger charge is 2.34. The van der Waals surface area contributed by atoms with E-state index in [4.69, 9.17) is 9.47 Å². The van der Waals surface area contributed by atoms with Crippen LogP contribution in [0.15, 0.2) is 0 Å². The fourth-order valence-electron chi connectivity index (χ4n) is 2.51. The number of ether oxygens (including phenoxy) is 2. The van der Waals surface area contributed by atoms with E-state index in [9.17, 15) is 0 Å². The monoisotopic (exact) mass is 269 g/mol. The third kappa shape index (κ3) is 4.22. The lowest BCUT2D eigenvalue weighted by atomic mass is 9.79. The summed E-state index contributed by atoms with van der Waals surface area (Å²) < 4.78 is 10.7. The molecule has 1 N–H and O–H groups in total. The van der Waals surface area contributed by atoms with Gasteiger partial charge in [0, 0.05) is 38.6 Å². The predicted molar refractivity (Wildman–Crippen MR) is 69.7 cm³/mol. The van der Waals surface area contributed by atoms with Crippen LogP contribution in [0.2, 0.25) is 0 Å². The third-order valence-corrected chi connectivity index (χ3v) is 3.47. The Hall–Kier alpha value is -1.05. The van der Waals surface area contributed by atoms with Gasteiger partial charge in [-0.05, 0) is 18.1 Å². The molecule has 1 aromatic heterocycles. The molecule has 1 unspecified atom stereocenters. The summed E-state index contributed by atoms with van der Waals surface area (Å²) in [5.74, 6) is 0.793. The minimum absolute atomic E-state index is 0.0784. The van der Waals surface area contributed by atoms with E-state index in [1.165, 1.54) is 4.80 Å². The number of nitrogens with one attached hydrogen (secondary N) is 1. The number of tetrazole rings is 1. The van der Waals surface area contributed by atoms with Gasteiger partial charge >= 0.3 is 0 Å². The molecule has 1 atom stereocenters. The van der Waals surface area contributed by atoms with Crippen molar-refractivity contribution in [3.63, 3.8) is 0 Å². The first-order valence-electron chi connectivity index (χ1n) is 6.74. The van der Waals surface area contributed by atoms with Crippen molar-refractivity contribution in [2.45, 2.75) is 19.3 Å². The molecule has 1 aromatic rings. The van der Waals surface area contributed by atoms with E-state index >= 15 is 0 Å². The van der Waals surface area contributed by atoms with Gasteiger partial charge in [-0.3, -0.25) is 0 Å². The number of methoxy groups -OCH3 is 1. The van der Waals surface area contributed by atoms with E-state index in [0.29, 0.717) is 0 Å². The third-order valence-electron chi connectivity index (χ3n) is 3.47. The van der Waals surface area contributed by atoms with E-state index in [-0.39, 0.29) is 5.41 Å². The van der Waals surface area contributed by atoms with Crippen LogP contribution in [0.5, 0.6) is 0 Å². The molecule has 7 nitrogen and oxygen atoms in total. The zero-order valence-corrected chi connectivity index (χ0v) is 11.8. The van der Waals surface area contributed by atoms with Crippen molar-refractivity contribution < 1.29 is 9.47 Å². The van der Waals surface area contributed by atoms with Crippen LogP contribution >= 0.6 is 0 Å². The molecule has 19 heavy (non-hydrogen) atoms. The summed E-state index contributed by atoms with van der Waals surface area (Å²) in [6, 6.07) is 0. The Morgan fingerprint density at radius 3 is 3.05 bits per heavy atom. The topological polar surface area (TPSA) is 74.1 Å². The first-order valence-corrected chi connectivity index (χ1v) is 6.74. The SMILES string of the molecule is COCCNCC1(Cc2nnn(C)n2)CCCOC1. The summed E-state index contributed by atoms with van der Waals surface area (Å²) in [5.41, 5.74) is 0.0784. The fourth-order valence-corrected chi connectivity index (χ4v) is 2.51. The average Bonchev–Trinajstić information content (AvgIpc) is 2.81. The van der Waals surface area contributed by atoms with Gasteiger partial charge in [-0.1, -0.05) is 0 Å². The van der Waals surface area contributed by atoms with Gasteiger partial charge in [0.15, 0.2) is 5.82 Å². The molecular formula is C12H23N5O2. The lowest BCUT2D eigenvalue weighted by Gasteiger charge is -2.36. The molecule has 0 bridgehead atoms. The lowest BCUT2D eigenvalue weighted by molar-refractivity contribution is -0.00873. The summed E-state index contributed by atoms with van der Waals surface area (Å²) in [7, 11) is 3.50. The number of hydrogen-bond donors (Lipinski definition) is 1. The molecular weight excluding hydrogens is 246 g/mol. The molecule has 0 aromatic carbocycles. The van der Waals surface area contributed by atoms with Crippen molar-refractivity contribution >= 4 is 0 Å². The molecule has 7 heteroatoms. The van der Waals surface area contributed by atoms with E-state index < -0.39 is 0 Å². The van der Waals surface area contributed by atoms with Gasteiger partial charge in [-0.2, -0.15) is 4.80 Å². The Balaban J connectivity index is 1.93. The predicted octanol–water partition coefficient (Wildman–Crippen LogP) is -0.215. The van der Waals surface area contributed by atoms with Crippen LogP contribution in [0.3, 0.4) is 0 Å². The number of aryl methyl sites for hydroxylation is 1. The minimum atomic E-state index is 0.0784. The number of hydrogen-bond acceptors (Lipinski definition) is 6. The molecule has 1 fully saturated rings. The standard InChI is InChI=1S/C12H23N5O2/c1-17-15-11(14-16-17)8-12(4-3-6-19-10-12)9-13-5-7-18-2/h13H,3-10H2,1-2H3. The smallest absolute Gasteiger partial charge is 0.175 e. The first kappa shape index (κ1) is 14.4. The highest BCUT2D eigenvalue weighted by molar-refractivity contribution is 4.93. The molecule has 1 aliphatic rings. The maximum atomic E-state index is 5.67. The highest BCUT2D eigenvalue weighted by Crippen LogP contribution is 2.31. The zero-order valence-electron chi connectivity index (χ0n) is 11.8. The van der Waals surface area contributed by atoms with Crippen LogP contribution < -0.4 is 5.32 Å². The van der Waals surface area contributed by atoms with Gasteiger partial charge in [-0.25, -0.2) is 0 Å². The van der Waals surface area contributed by atoms with Crippen molar-refractivity contribution in [3.8, 4) is 0 Å². The quantitative estimate of drug-likeness (QED) is 0.690. The molecule has 0 radical (unpaired) electrons. The van der Waals surface area contributed by atoms with E-state index in [1.807, 2.05) is 0 Å². The summed E-state index contributed by atoms with van der Waals surface area (Å²) in [6.45, 7) is 4.08. The molecule has 1 aliphatic heterocycles. The van der Waals surface area contributed by atoms with Gasteiger partial charge in [0.2, 0.25) is 0 Å². The van der Waals surface area contributed by atoms with Gasteiger partial charge in [0.25, 0.3) is 0 Å².